The van der Waals surface area contributed by atoms with E-state index in [2.05, 4.69) is 5.32 Å². The molecule has 0 aromatic heterocycles. The van der Waals surface area contributed by atoms with E-state index in [0.29, 0.717) is 37.3 Å². The highest BCUT2D eigenvalue weighted by Gasteiger charge is 2.21. The molecule has 0 unspecified atom stereocenters. The Morgan fingerprint density at radius 1 is 1.45 bits per heavy atom. The number of halogens is 2. The number of primary amides is 1. The molecular weight excluding hydrogens is 311 g/mol. The van der Waals surface area contributed by atoms with Gasteiger partial charge in [-0.1, -0.05) is 11.6 Å². The summed E-state index contributed by atoms with van der Waals surface area (Å²) in [5.74, 6) is 0.0598. The van der Waals surface area contributed by atoms with Crippen molar-refractivity contribution in [2.75, 3.05) is 13.7 Å². The maximum Gasteiger partial charge on any atom is 0.405 e. The number of nitrogens with one attached hydrogen (secondary N) is 1. The second kappa shape index (κ2) is 8.19. The molecule has 1 amide bonds. The highest BCUT2D eigenvalue weighted by Crippen LogP contribution is 2.29. The van der Waals surface area contributed by atoms with Gasteiger partial charge in [-0.2, -0.15) is 0 Å². The fourth-order valence-corrected chi connectivity index (χ4v) is 2.28. The molecule has 0 fully saturated rings. The average Bonchev–Trinajstić information content (AvgIpc) is 2.40. The molecule has 0 saturated heterocycles. The Kier molecular flexibility index (Phi) is 6.90. The van der Waals surface area contributed by atoms with Crippen LogP contribution in [0.4, 0.5) is 9.18 Å². The Labute approximate surface area is 134 Å². The third kappa shape index (κ3) is 5.69. The summed E-state index contributed by atoms with van der Waals surface area (Å²) < 4.78 is 24.1. The molecule has 22 heavy (non-hydrogen) atoms. The van der Waals surface area contributed by atoms with Gasteiger partial charge < -0.3 is 20.5 Å². The molecule has 0 aliphatic carbocycles. The van der Waals surface area contributed by atoms with Crippen LogP contribution in [0.5, 0.6) is 5.75 Å². The minimum absolute atomic E-state index is 0.0595. The van der Waals surface area contributed by atoms with E-state index in [1.807, 2.05) is 0 Å². The van der Waals surface area contributed by atoms with Crippen molar-refractivity contribution in [1.29, 1.82) is 0 Å². The van der Waals surface area contributed by atoms with Gasteiger partial charge in [0.05, 0.1) is 11.6 Å². The zero-order valence-electron chi connectivity index (χ0n) is 13.0. The molecule has 7 heteroatoms. The number of ether oxygens (including phenoxy) is 2. The maximum absolute atomic E-state index is 13.5. The number of benzene rings is 1. The molecule has 0 radical (unpaired) electrons. The van der Waals surface area contributed by atoms with E-state index >= 15 is 0 Å². The summed E-state index contributed by atoms with van der Waals surface area (Å²) in [7, 11) is 1.74. The molecule has 0 aliphatic rings. The number of carbonyl (C=O) groups excluding carboxylic acids is 1. The molecule has 0 heterocycles. The quantitative estimate of drug-likeness (QED) is 0.717. The molecule has 3 N–H and O–H groups in total. The Morgan fingerprint density at radius 2 is 2.14 bits per heavy atom. The summed E-state index contributed by atoms with van der Waals surface area (Å²) in [6.07, 6.45) is 0.438. The van der Waals surface area contributed by atoms with Gasteiger partial charge in [0.2, 0.25) is 0 Å². The Morgan fingerprint density at radius 3 is 2.73 bits per heavy atom. The lowest BCUT2D eigenvalue weighted by molar-refractivity contribution is 0.0348. The molecular formula is C15H22ClFN2O3. The lowest BCUT2D eigenvalue weighted by atomic mass is 10.0. The predicted octanol–water partition coefficient (Wildman–Crippen LogP) is 3.23. The van der Waals surface area contributed by atoms with Crippen molar-refractivity contribution >= 4 is 17.7 Å². The van der Waals surface area contributed by atoms with E-state index in [0.717, 1.165) is 0 Å². The largest absolute Gasteiger partial charge is 0.493 e. The zero-order valence-corrected chi connectivity index (χ0v) is 13.8. The van der Waals surface area contributed by atoms with E-state index in [1.54, 1.807) is 27.0 Å². The first-order chi connectivity index (χ1) is 10.3. The number of hydrogen-bond donors (Lipinski definition) is 2. The monoisotopic (exact) mass is 332 g/mol. The van der Waals surface area contributed by atoms with Crippen molar-refractivity contribution in [3.8, 4) is 5.75 Å². The summed E-state index contributed by atoms with van der Waals surface area (Å²) in [6, 6.07) is 2.83. The topological polar surface area (TPSA) is 73.6 Å². The van der Waals surface area contributed by atoms with Crippen LogP contribution in [0.15, 0.2) is 12.1 Å². The fourth-order valence-electron chi connectivity index (χ4n) is 2.06. The van der Waals surface area contributed by atoms with Crippen molar-refractivity contribution < 1.29 is 18.7 Å². The highest BCUT2D eigenvalue weighted by molar-refractivity contribution is 6.31. The lowest BCUT2D eigenvalue weighted by Crippen LogP contribution is -2.31. The summed E-state index contributed by atoms with van der Waals surface area (Å²) >= 11 is 5.95. The van der Waals surface area contributed by atoms with Crippen LogP contribution in [-0.2, 0) is 11.3 Å². The Bertz CT molecular complexity index is 524. The third-order valence-electron chi connectivity index (χ3n) is 3.06. The maximum atomic E-state index is 13.5. The molecule has 124 valence electrons. The van der Waals surface area contributed by atoms with Gasteiger partial charge in [-0.15, -0.1) is 0 Å². The van der Waals surface area contributed by atoms with E-state index in [4.69, 9.17) is 26.8 Å². The summed E-state index contributed by atoms with van der Waals surface area (Å²) in [4.78, 5) is 10.8. The SMILES string of the molecule is CNCc1c(OCCCC(C)(C)OC(N)=O)ccc(F)c1Cl. The summed E-state index contributed by atoms with van der Waals surface area (Å²) in [5, 5.41) is 2.99. The molecule has 0 bridgehead atoms. The van der Waals surface area contributed by atoms with Crippen LogP contribution in [0.1, 0.15) is 32.3 Å². The van der Waals surface area contributed by atoms with Crippen LogP contribution >= 0.6 is 11.6 Å². The van der Waals surface area contributed by atoms with Crippen molar-refractivity contribution in [3.05, 3.63) is 28.5 Å². The molecule has 1 rings (SSSR count). The molecule has 0 spiro atoms. The normalized spacial score (nSPS) is 11.3. The minimum Gasteiger partial charge on any atom is -0.493 e. The predicted molar refractivity (Wildman–Crippen MR) is 83.7 cm³/mol. The first-order valence-electron chi connectivity index (χ1n) is 6.99. The first-order valence-corrected chi connectivity index (χ1v) is 7.37. The average molecular weight is 333 g/mol. The van der Waals surface area contributed by atoms with Gasteiger partial charge in [0, 0.05) is 12.1 Å². The van der Waals surface area contributed by atoms with Crippen molar-refractivity contribution in [3.63, 3.8) is 0 Å². The van der Waals surface area contributed by atoms with Crippen LogP contribution in [0, 0.1) is 5.82 Å². The molecule has 0 saturated carbocycles. The van der Waals surface area contributed by atoms with Crippen LogP contribution in [-0.4, -0.2) is 25.3 Å². The molecule has 0 aliphatic heterocycles. The first kappa shape index (κ1) is 18.5. The lowest BCUT2D eigenvalue weighted by Gasteiger charge is -2.24. The van der Waals surface area contributed by atoms with Crippen LogP contribution in [0.3, 0.4) is 0 Å². The van der Waals surface area contributed by atoms with Crippen LogP contribution in [0.2, 0.25) is 5.02 Å². The van der Waals surface area contributed by atoms with Gasteiger partial charge in [0.1, 0.15) is 17.2 Å². The van der Waals surface area contributed by atoms with Gasteiger partial charge in [-0.05, 0) is 45.9 Å². The smallest absolute Gasteiger partial charge is 0.405 e. The second-order valence-corrected chi connectivity index (χ2v) is 5.88. The number of amides is 1. The molecule has 1 aromatic rings. The number of hydrogen-bond acceptors (Lipinski definition) is 4. The molecule has 5 nitrogen and oxygen atoms in total. The number of carbonyl (C=O) groups is 1. The van der Waals surface area contributed by atoms with Crippen molar-refractivity contribution in [1.82, 2.24) is 5.32 Å². The van der Waals surface area contributed by atoms with Crippen molar-refractivity contribution in [2.24, 2.45) is 5.73 Å². The second-order valence-electron chi connectivity index (χ2n) is 5.50. The number of nitrogens with two attached hydrogens (primary N) is 1. The summed E-state index contributed by atoms with van der Waals surface area (Å²) in [5.41, 5.74) is 4.94. The molecule has 0 atom stereocenters. The van der Waals surface area contributed by atoms with Gasteiger partial charge in [-0.25, -0.2) is 9.18 Å². The zero-order chi connectivity index (χ0) is 16.8. The van der Waals surface area contributed by atoms with E-state index in [1.165, 1.54) is 6.07 Å². The van der Waals surface area contributed by atoms with Gasteiger partial charge in [-0.3, -0.25) is 0 Å². The Hall–Kier alpha value is -1.53. The van der Waals surface area contributed by atoms with E-state index in [-0.39, 0.29) is 5.02 Å². The third-order valence-corrected chi connectivity index (χ3v) is 3.47. The fraction of sp³-hybridized carbons (Fsp3) is 0.533. The minimum atomic E-state index is -0.799. The van der Waals surface area contributed by atoms with E-state index < -0.39 is 17.5 Å². The van der Waals surface area contributed by atoms with Gasteiger partial charge in [0.25, 0.3) is 0 Å². The number of rotatable bonds is 8. The van der Waals surface area contributed by atoms with Crippen molar-refractivity contribution in [2.45, 2.75) is 38.8 Å². The Balaban J connectivity index is 2.58. The summed E-state index contributed by atoms with van der Waals surface area (Å²) in [6.45, 7) is 4.35. The molecule has 1 aromatic carbocycles. The van der Waals surface area contributed by atoms with E-state index in [9.17, 15) is 9.18 Å². The standard InChI is InChI=1S/C15H22ClFN2O3/c1-15(2,22-14(18)20)7-4-8-21-12-6-5-11(17)13(16)10(12)9-19-3/h5-6,19H,4,7-9H2,1-3H3,(H2,18,20). The van der Waals surface area contributed by atoms with Crippen LogP contribution < -0.4 is 15.8 Å². The highest BCUT2D eigenvalue weighted by atomic mass is 35.5. The van der Waals surface area contributed by atoms with Gasteiger partial charge >= 0.3 is 6.09 Å². The van der Waals surface area contributed by atoms with Gasteiger partial charge in [0.15, 0.2) is 0 Å². The van der Waals surface area contributed by atoms with Crippen LogP contribution in [0.25, 0.3) is 0 Å².